The van der Waals surface area contributed by atoms with Gasteiger partial charge in [-0.1, -0.05) is 0 Å². The van der Waals surface area contributed by atoms with Crippen LogP contribution in [-0.4, -0.2) is 60.3 Å². The molecule has 4 rings (SSSR count). The maximum absolute atomic E-state index is 13.0. The fraction of sp³-hybridized carbons (Fsp3) is 0.476. The van der Waals surface area contributed by atoms with Gasteiger partial charge in [-0.2, -0.15) is 5.26 Å². The van der Waals surface area contributed by atoms with Gasteiger partial charge in [0.2, 0.25) is 0 Å². The number of ether oxygens (including phenoxy) is 2. The lowest BCUT2D eigenvalue weighted by Gasteiger charge is -2.32. The monoisotopic (exact) mass is 412 g/mol. The highest BCUT2D eigenvalue weighted by molar-refractivity contribution is 7.12. The van der Waals surface area contributed by atoms with Gasteiger partial charge < -0.3 is 19.7 Å². The standard InChI is InChI=1S/C21H24N4O3S/c1-15-5-9-29-19(15)20(26)25-7-8-27-14-21(13-25)6-4-17(28-21)12-24-18-3-2-16(10-22)11-23-18/h2-3,5,9,11,17H,4,6-8,12-14H2,1H3,(H,23,24)/t17-,21-/m1/s1. The highest BCUT2D eigenvalue weighted by Crippen LogP contribution is 2.34. The van der Waals surface area contributed by atoms with Crippen molar-refractivity contribution in [2.24, 2.45) is 0 Å². The number of rotatable bonds is 4. The summed E-state index contributed by atoms with van der Waals surface area (Å²) < 4.78 is 12.2. The minimum Gasteiger partial charge on any atom is -0.377 e. The Morgan fingerprint density at radius 1 is 1.48 bits per heavy atom. The average Bonchev–Trinajstić information content (AvgIpc) is 3.28. The molecule has 2 atom stereocenters. The Kier molecular flexibility index (Phi) is 5.81. The van der Waals surface area contributed by atoms with Crippen LogP contribution in [0.2, 0.25) is 0 Å². The lowest BCUT2D eigenvalue weighted by Crippen LogP contribution is -2.47. The number of aryl methyl sites for hydroxylation is 1. The summed E-state index contributed by atoms with van der Waals surface area (Å²) in [4.78, 5) is 19.9. The molecule has 1 amide bonds. The van der Waals surface area contributed by atoms with Gasteiger partial charge in [-0.15, -0.1) is 11.3 Å². The molecule has 2 aliphatic rings. The van der Waals surface area contributed by atoms with E-state index in [0.717, 1.165) is 29.1 Å². The lowest BCUT2D eigenvalue weighted by atomic mass is 10.00. The van der Waals surface area contributed by atoms with Crippen LogP contribution in [0.25, 0.3) is 0 Å². The van der Waals surface area contributed by atoms with E-state index in [2.05, 4.69) is 16.4 Å². The first-order valence-electron chi connectivity index (χ1n) is 9.77. The second kappa shape index (κ2) is 8.49. The quantitative estimate of drug-likeness (QED) is 0.831. The van der Waals surface area contributed by atoms with Gasteiger partial charge in [-0.05, 0) is 48.9 Å². The van der Waals surface area contributed by atoms with Crippen LogP contribution in [0.5, 0.6) is 0 Å². The van der Waals surface area contributed by atoms with Crippen molar-refractivity contribution in [1.82, 2.24) is 9.88 Å². The minimum atomic E-state index is -0.457. The zero-order chi connectivity index (χ0) is 20.3. The van der Waals surface area contributed by atoms with E-state index in [0.29, 0.717) is 38.4 Å². The van der Waals surface area contributed by atoms with E-state index < -0.39 is 5.60 Å². The minimum absolute atomic E-state index is 0.0227. The van der Waals surface area contributed by atoms with E-state index in [4.69, 9.17) is 14.7 Å². The van der Waals surface area contributed by atoms with Crippen molar-refractivity contribution in [2.45, 2.75) is 31.5 Å². The van der Waals surface area contributed by atoms with Crippen molar-refractivity contribution < 1.29 is 14.3 Å². The number of carbonyl (C=O) groups is 1. The highest BCUT2D eigenvalue weighted by Gasteiger charge is 2.44. The summed E-state index contributed by atoms with van der Waals surface area (Å²) in [5.74, 6) is 0.782. The van der Waals surface area contributed by atoms with Gasteiger partial charge in [0.15, 0.2) is 0 Å². The molecule has 1 N–H and O–H groups in total. The largest absolute Gasteiger partial charge is 0.377 e. The van der Waals surface area contributed by atoms with Crippen LogP contribution in [0.15, 0.2) is 29.8 Å². The first-order chi connectivity index (χ1) is 14.1. The number of thiophene rings is 1. The van der Waals surface area contributed by atoms with Crippen LogP contribution < -0.4 is 5.32 Å². The van der Waals surface area contributed by atoms with E-state index >= 15 is 0 Å². The number of pyridine rings is 1. The van der Waals surface area contributed by atoms with Gasteiger partial charge in [0.05, 0.1) is 36.3 Å². The Hall–Kier alpha value is -2.47. The molecule has 2 aromatic rings. The van der Waals surface area contributed by atoms with Crippen LogP contribution in [0.1, 0.15) is 33.6 Å². The zero-order valence-corrected chi connectivity index (χ0v) is 17.2. The summed E-state index contributed by atoms with van der Waals surface area (Å²) in [5.41, 5.74) is 1.10. The van der Waals surface area contributed by atoms with Crippen LogP contribution >= 0.6 is 11.3 Å². The molecule has 0 aromatic carbocycles. The molecule has 0 saturated carbocycles. The first kappa shape index (κ1) is 19.8. The third-order valence-electron chi connectivity index (χ3n) is 5.44. The van der Waals surface area contributed by atoms with E-state index in [1.807, 2.05) is 23.3 Å². The topological polar surface area (TPSA) is 87.5 Å². The number of nitriles is 1. The fourth-order valence-corrected chi connectivity index (χ4v) is 4.75. The molecule has 0 aliphatic carbocycles. The molecule has 0 unspecified atom stereocenters. The highest BCUT2D eigenvalue weighted by atomic mass is 32.1. The molecular weight excluding hydrogens is 388 g/mol. The molecule has 1 spiro atoms. The van der Waals surface area contributed by atoms with Crippen molar-refractivity contribution in [2.75, 3.05) is 38.2 Å². The Labute approximate surface area is 174 Å². The molecule has 7 nitrogen and oxygen atoms in total. The van der Waals surface area contributed by atoms with E-state index in [9.17, 15) is 4.79 Å². The van der Waals surface area contributed by atoms with Crippen molar-refractivity contribution in [1.29, 1.82) is 5.26 Å². The molecule has 2 fully saturated rings. The Morgan fingerprint density at radius 2 is 2.38 bits per heavy atom. The average molecular weight is 413 g/mol. The normalized spacial score (nSPS) is 24.3. The number of aromatic nitrogens is 1. The molecule has 2 saturated heterocycles. The molecule has 8 heteroatoms. The summed E-state index contributed by atoms with van der Waals surface area (Å²) in [6.45, 7) is 4.76. The van der Waals surface area contributed by atoms with E-state index in [1.54, 1.807) is 18.3 Å². The molecule has 0 bridgehead atoms. The zero-order valence-electron chi connectivity index (χ0n) is 16.4. The van der Waals surface area contributed by atoms with Crippen LogP contribution in [0, 0.1) is 18.3 Å². The van der Waals surface area contributed by atoms with E-state index in [1.165, 1.54) is 11.3 Å². The third kappa shape index (κ3) is 4.42. The molecule has 0 radical (unpaired) electrons. The molecule has 2 aliphatic heterocycles. The summed E-state index contributed by atoms with van der Waals surface area (Å²) in [6.07, 6.45) is 3.32. The second-order valence-electron chi connectivity index (χ2n) is 7.60. The third-order valence-corrected chi connectivity index (χ3v) is 6.44. The maximum Gasteiger partial charge on any atom is 0.264 e. The van der Waals surface area contributed by atoms with Crippen LogP contribution in [-0.2, 0) is 9.47 Å². The number of anilines is 1. The summed E-state index contributed by atoms with van der Waals surface area (Å²) in [6, 6.07) is 7.57. The smallest absolute Gasteiger partial charge is 0.264 e. The van der Waals surface area contributed by atoms with Gasteiger partial charge in [-0.3, -0.25) is 4.79 Å². The molecule has 152 valence electrons. The van der Waals surface area contributed by atoms with Crippen molar-refractivity contribution in [3.63, 3.8) is 0 Å². The Morgan fingerprint density at radius 3 is 3.10 bits per heavy atom. The second-order valence-corrected chi connectivity index (χ2v) is 8.51. The van der Waals surface area contributed by atoms with Crippen molar-refractivity contribution in [3.05, 3.63) is 45.8 Å². The van der Waals surface area contributed by atoms with E-state index in [-0.39, 0.29) is 12.0 Å². The Bertz CT molecular complexity index is 907. The van der Waals surface area contributed by atoms with Crippen molar-refractivity contribution in [3.8, 4) is 6.07 Å². The van der Waals surface area contributed by atoms with Gasteiger partial charge in [0.25, 0.3) is 5.91 Å². The lowest BCUT2D eigenvalue weighted by molar-refractivity contribution is -0.0802. The number of carbonyl (C=O) groups excluding carboxylic acids is 1. The number of hydrogen-bond donors (Lipinski definition) is 1. The van der Waals surface area contributed by atoms with Gasteiger partial charge in [0, 0.05) is 19.3 Å². The summed E-state index contributed by atoms with van der Waals surface area (Å²) in [5, 5.41) is 14.1. The summed E-state index contributed by atoms with van der Waals surface area (Å²) >= 11 is 1.49. The van der Waals surface area contributed by atoms with Crippen molar-refractivity contribution >= 4 is 23.1 Å². The predicted molar refractivity (Wildman–Crippen MR) is 110 cm³/mol. The fourth-order valence-electron chi connectivity index (χ4n) is 3.86. The van der Waals surface area contributed by atoms with Crippen LogP contribution in [0.3, 0.4) is 0 Å². The SMILES string of the molecule is Cc1ccsc1C(=O)N1CCOC[C@@]2(CC[C@H](CNc3ccc(C#N)cn3)O2)C1. The first-order valence-corrected chi connectivity index (χ1v) is 10.7. The molecule has 2 aromatic heterocycles. The number of amides is 1. The molecule has 4 heterocycles. The predicted octanol–water partition coefficient (Wildman–Crippen LogP) is 2.83. The number of nitrogens with one attached hydrogen (secondary N) is 1. The maximum atomic E-state index is 13.0. The number of hydrogen-bond acceptors (Lipinski definition) is 7. The summed E-state index contributed by atoms with van der Waals surface area (Å²) in [7, 11) is 0. The number of nitrogens with zero attached hydrogens (tertiary/aromatic N) is 3. The molecule has 29 heavy (non-hydrogen) atoms. The van der Waals surface area contributed by atoms with Gasteiger partial charge in [0.1, 0.15) is 17.5 Å². The molecular formula is C21H24N4O3S. The van der Waals surface area contributed by atoms with Gasteiger partial charge >= 0.3 is 0 Å². The Balaban J connectivity index is 1.38. The van der Waals surface area contributed by atoms with Gasteiger partial charge in [-0.25, -0.2) is 4.98 Å². The van der Waals surface area contributed by atoms with Crippen LogP contribution in [0.4, 0.5) is 5.82 Å².